The summed E-state index contributed by atoms with van der Waals surface area (Å²) in [6.07, 6.45) is 4.40. The number of ketones is 1. The van der Waals surface area contributed by atoms with E-state index in [0.29, 0.717) is 18.0 Å². The Morgan fingerprint density at radius 2 is 1.89 bits per heavy atom. The van der Waals surface area contributed by atoms with E-state index in [4.69, 9.17) is 0 Å². The normalized spacial score (nSPS) is 20.8. The Morgan fingerprint density at radius 3 is 2.67 bits per heavy atom. The molecule has 0 saturated carbocycles. The molecule has 1 aromatic rings. The van der Waals surface area contributed by atoms with Crippen molar-refractivity contribution in [3.8, 4) is 0 Å². The van der Waals surface area contributed by atoms with Crippen LogP contribution in [0.3, 0.4) is 0 Å². The van der Waals surface area contributed by atoms with Crippen LogP contribution in [0.15, 0.2) is 10.9 Å². The second-order valence-corrected chi connectivity index (χ2v) is 5.26. The number of aromatic nitrogens is 1. The molecule has 0 atom stereocenters. The molecule has 96 valence electrons. The van der Waals surface area contributed by atoms with Crippen molar-refractivity contribution in [2.75, 3.05) is 13.1 Å². The highest BCUT2D eigenvalue weighted by molar-refractivity contribution is 5.96. The van der Waals surface area contributed by atoms with Gasteiger partial charge in [-0.25, -0.2) is 0 Å². The molecule has 2 N–H and O–H groups in total. The molecule has 2 aliphatic rings. The monoisotopic (exact) mass is 246 g/mol. The van der Waals surface area contributed by atoms with E-state index in [0.717, 1.165) is 49.9 Å². The maximum absolute atomic E-state index is 12.1. The first-order valence-corrected chi connectivity index (χ1v) is 6.75. The third-order valence-corrected chi connectivity index (χ3v) is 4.06. The Bertz CT molecular complexity index is 527. The van der Waals surface area contributed by atoms with E-state index in [1.807, 2.05) is 6.07 Å². The molecule has 0 bridgehead atoms. The van der Waals surface area contributed by atoms with E-state index >= 15 is 0 Å². The van der Waals surface area contributed by atoms with E-state index in [9.17, 15) is 9.59 Å². The predicted octanol–water partition coefficient (Wildman–Crippen LogP) is 1.36. The van der Waals surface area contributed by atoms with Crippen molar-refractivity contribution >= 4 is 5.78 Å². The quantitative estimate of drug-likeness (QED) is 0.786. The highest BCUT2D eigenvalue weighted by Gasteiger charge is 2.23. The first kappa shape index (κ1) is 11.7. The highest BCUT2D eigenvalue weighted by atomic mass is 16.1. The molecule has 3 rings (SSSR count). The molecular weight excluding hydrogens is 228 g/mol. The Labute approximate surface area is 106 Å². The maximum Gasteiger partial charge on any atom is 0.251 e. The van der Waals surface area contributed by atoms with Crippen LogP contribution in [0.2, 0.25) is 0 Å². The lowest BCUT2D eigenvalue weighted by Gasteiger charge is -2.24. The predicted molar refractivity (Wildman–Crippen MR) is 69.2 cm³/mol. The first-order valence-electron chi connectivity index (χ1n) is 6.75. The summed E-state index contributed by atoms with van der Waals surface area (Å²) in [5.41, 5.74) is 2.42. The smallest absolute Gasteiger partial charge is 0.251 e. The molecule has 1 aliphatic heterocycles. The van der Waals surface area contributed by atoms with Crippen LogP contribution in [-0.2, 0) is 6.42 Å². The second kappa shape index (κ2) is 4.69. The van der Waals surface area contributed by atoms with Gasteiger partial charge in [0.05, 0.1) is 5.69 Å². The third-order valence-electron chi connectivity index (χ3n) is 4.06. The fraction of sp³-hybridized carbons (Fsp3) is 0.571. The lowest BCUT2D eigenvalue weighted by atomic mass is 9.87. The van der Waals surface area contributed by atoms with Gasteiger partial charge in [0, 0.05) is 12.0 Å². The van der Waals surface area contributed by atoms with E-state index < -0.39 is 0 Å². The average Bonchev–Trinajstić information content (AvgIpc) is 2.40. The van der Waals surface area contributed by atoms with Gasteiger partial charge in [0.15, 0.2) is 5.78 Å². The van der Waals surface area contributed by atoms with Crippen LogP contribution in [0.4, 0.5) is 0 Å². The molecule has 1 fully saturated rings. The molecule has 0 unspecified atom stereocenters. The van der Waals surface area contributed by atoms with Gasteiger partial charge in [0.1, 0.15) is 0 Å². The number of rotatable bonds is 1. The number of carbonyl (C=O) groups excluding carboxylic acids is 1. The summed E-state index contributed by atoms with van der Waals surface area (Å²) in [7, 11) is 0. The van der Waals surface area contributed by atoms with E-state index in [1.54, 1.807) is 0 Å². The Morgan fingerprint density at radius 1 is 1.11 bits per heavy atom. The lowest BCUT2D eigenvalue weighted by molar-refractivity contribution is 0.0967. The molecule has 0 radical (unpaired) electrons. The topological polar surface area (TPSA) is 62.0 Å². The number of Topliss-reactive ketones (excluding diaryl/α,β-unsaturated/α-hetero) is 1. The van der Waals surface area contributed by atoms with Crippen molar-refractivity contribution in [1.29, 1.82) is 0 Å². The van der Waals surface area contributed by atoms with Gasteiger partial charge < -0.3 is 10.3 Å². The molecule has 1 aromatic heterocycles. The Kier molecular flexibility index (Phi) is 3.04. The van der Waals surface area contributed by atoms with Gasteiger partial charge in [-0.1, -0.05) is 0 Å². The van der Waals surface area contributed by atoms with Gasteiger partial charge in [-0.3, -0.25) is 9.59 Å². The number of fused-ring (bicyclic) bond motifs is 1. The van der Waals surface area contributed by atoms with Crippen molar-refractivity contribution < 1.29 is 4.79 Å². The summed E-state index contributed by atoms with van der Waals surface area (Å²) < 4.78 is 0. The Hall–Kier alpha value is -1.42. The van der Waals surface area contributed by atoms with Crippen molar-refractivity contribution in [2.24, 2.45) is 0 Å². The molecule has 0 spiro atoms. The van der Waals surface area contributed by atoms with Gasteiger partial charge >= 0.3 is 0 Å². The number of nitrogens with one attached hydrogen (secondary N) is 2. The molecule has 18 heavy (non-hydrogen) atoms. The molecule has 1 aliphatic carbocycles. The number of hydrogen-bond donors (Lipinski definition) is 2. The van der Waals surface area contributed by atoms with Crippen LogP contribution in [0, 0.1) is 0 Å². The van der Waals surface area contributed by atoms with Crippen LogP contribution < -0.4 is 10.9 Å². The van der Waals surface area contributed by atoms with E-state index in [1.165, 1.54) is 0 Å². The van der Waals surface area contributed by atoms with Gasteiger partial charge in [0.25, 0.3) is 5.56 Å². The zero-order valence-corrected chi connectivity index (χ0v) is 10.4. The molecular formula is C14H18N2O2. The SMILES string of the molecule is O=C1CCCc2cc(C3CCNCC3)c(=O)[nH]c21. The molecule has 4 heteroatoms. The van der Waals surface area contributed by atoms with Crippen LogP contribution in [0.1, 0.15) is 53.2 Å². The minimum atomic E-state index is -0.0594. The van der Waals surface area contributed by atoms with Gasteiger partial charge in [-0.15, -0.1) is 0 Å². The van der Waals surface area contributed by atoms with Crippen LogP contribution in [-0.4, -0.2) is 23.9 Å². The summed E-state index contributed by atoms with van der Waals surface area (Å²) in [6.45, 7) is 1.94. The minimum Gasteiger partial charge on any atom is -0.319 e. The Balaban J connectivity index is 2.00. The van der Waals surface area contributed by atoms with E-state index in [-0.39, 0.29) is 11.3 Å². The van der Waals surface area contributed by atoms with Crippen molar-refractivity contribution in [2.45, 2.75) is 38.0 Å². The van der Waals surface area contributed by atoms with Crippen molar-refractivity contribution in [3.63, 3.8) is 0 Å². The first-order chi connectivity index (χ1) is 8.75. The van der Waals surface area contributed by atoms with Crippen LogP contribution in [0.5, 0.6) is 0 Å². The van der Waals surface area contributed by atoms with Crippen molar-refractivity contribution in [1.82, 2.24) is 10.3 Å². The maximum atomic E-state index is 12.1. The number of hydrogen-bond acceptors (Lipinski definition) is 3. The fourth-order valence-corrected chi connectivity index (χ4v) is 3.04. The van der Waals surface area contributed by atoms with Crippen molar-refractivity contribution in [3.05, 3.63) is 33.2 Å². The highest BCUT2D eigenvalue weighted by Crippen LogP contribution is 2.26. The van der Waals surface area contributed by atoms with Gasteiger partial charge in [-0.2, -0.15) is 0 Å². The number of carbonyl (C=O) groups is 1. The summed E-state index contributed by atoms with van der Waals surface area (Å²) in [4.78, 5) is 26.7. The van der Waals surface area contributed by atoms with Gasteiger partial charge in [-0.05, 0) is 56.3 Å². The summed E-state index contributed by atoms with van der Waals surface area (Å²) in [5, 5.41) is 3.31. The largest absolute Gasteiger partial charge is 0.319 e. The summed E-state index contributed by atoms with van der Waals surface area (Å²) >= 11 is 0. The lowest BCUT2D eigenvalue weighted by Crippen LogP contribution is -2.31. The number of H-pyrrole nitrogens is 1. The number of pyridine rings is 1. The number of piperidine rings is 1. The fourth-order valence-electron chi connectivity index (χ4n) is 3.04. The molecule has 2 heterocycles. The number of aryl methyl sites for hydroxylation is 1. The average molecular weight is 246 g/mol. The standard InChI is InChI=1S/C14H18N2O2/c17-12-3-1-2-10-8-11(14(18)16-13(10)12)9-4-6-15-7-5-9/h8-9,15H,1-7H2,(H,16,18). The minimum absolute atomic E-state index is 0.0594. The molecule has 1 saturated heterocycles. The third kappa shape index (κ3) is 2.01. The number of aromatic amines is 1. The second-order valence-electron chi connectivity index (χ2n) is 5.26. The van der Waals surface area contributed by atoms with E-state index in [2.05, 4.69) is 10.3 Å². The van der Waals surface area contributed by atoms with Crippen LogP contribution >= 0.6 is 0 Å². The zero-order chi connectivity index (χ0) is 12.5. The zero-order valence-electron chi connectivity index (χ0n) is 10.4. The summed E-state index contributed by atoms with van der Waals surface area (Å²) in [6, 6.07) is 1.99. The van der Waals surface area contributed by atoms with Gasteiger partial charge in [0.2, 0.25) is 0 Å². The molecule has 4 nitrogen and oxygen atoms in total. The molecule has 0 aromatic carbocycles. The summed E-state index contributed by atoms with van der Waals surface area (Å²) in [5.74, 6) is 0.433. The molecule has 0 amide bonds. The van der Waals surface area contributed by atoms with Crippen LogP contribution in [0.25, 0.3) is 0 Å².